The van der Waals surface area contributed by atoms with Crippen LogP contribution in [-0.4, -0.2) is 30.2 Å². The van der Waals surface area contributed by atoms with Crippen LogP contribution in [-0.2, 0) is 9.59 Å². The van der Waals surface area contributed by atoms with E-state index in [-0.39, 0.29) is 24.2 Å². The Bertz CT molecular complexity index is 430. The quantitative estimate of drug-likeness (QED) is 0.773. The smallest absolute Gasteiger partial charge is 0.225 e. The summed E-state index contributed by atoms with van der Waals surface area (Å²) in [4.78, 5) is 26.1. The van der Waals surface area contributed by atoms with Crippen molar-refractivity contribution in [2.75, 3.05) is 13.6 Å². The first-order valence-corrected chi connectivity index (χ1v) is 7.74. The first kappa shape index (κ1) is 15.0. The highest BCUT2D eigenvalue weighted by molar-refractivity contribution is 6.01. The minimum absolute atomic E-state index is 0.0428. The Labute approximate surface area is 121 Å². The number of ketones is 1. The third-order valence-corrected chi connectivity index (χ3v) is 4.60. The molecule has 1 atom stereocenters. The molecule has 2 aliphatic carbocycles. The first-order chi connectivity index (χ1) is 9.59. The molecule has 0 bridgehead atoms. The lowest BCUT2D eigenvalue weighted by atomic mass is 9.80. The molecule has 1 amide bonds. The molecule has 2 rings (SSSR count). The maximum absolute atomic E-state index is 12.4. The SMILES string of the molecule is C[C@H](C(=O)N(C)CC(=O)C1=CCC=C1)C1CCCCC1. The number of rotatable bonds is 5. The molecule has 0 heterocycles. The van der Waals surface area contributed by atoms with Gasteiger partial charge in [-0.2, -0.15) is 0 Å². The van der Waals surface area contributed by atoms with Gasteiger partial charge in [-0.05, 0) is 25.2 Å². The highest BCUT2D eigenvalue weighted by Crippen LogP contribution is 2.30. The molecule has 0 unspecified atom stereocenters. The van der Waals surface area contributed by atoms with Crippen LogP contribution in [0.2, 0.25) is 0 Å². The Morgan fingerprint density at radius 1 is 1.30 bits per heavy atom. The average Bonchev–Trinajstić information content (AvgIpc) is 3.01. The van der Waals surface area contributed by atoms with Crippen molar-refractivity contribution in [2.24, 2.45) is 11.8 Å². The Balaban J connectivity index is 1.87. The van der Waals surface area contributed by atoms with Gasteiger partial charge in [0.15, 0.2) is 5.78 Å². The molecule has 0 aromatic rings. The van der Waals surface area contributed by atoms with E-state index in [0.29, 0.717) is 5.92 Å². The highest BCUT2D eigenvalue weighted by Gasteiger charge is 2.28. The number of Topliss-reactive ketones (excluding diaryl/α,β-unsaturated/α-hetero) is 1. The predicted octanol–water partition coefficient (Wildman–Crippen LogP) is 3.12. The Kier molecular flexibility index (Phi) is 5.16. The van der Waals surface area contributed by atoms with E-state index in [0.717, 1.165) is 24.8 Å². The van der Waals surface area contributed by atoms with Crippen molar-refractivity contribution in [2.45, 2.75) is 45.4 Å². The van der Waals surface area contributed by atoms with Crippen LogP contribution in [0.15, 0.2) is 23.8 Å². The van der Waals surface area contributed by atoms with Crippen molar-refractivity contribution >= 4 is 11.7 Å². The molecule has 2 aliphatic rings. The molecule has 0 aromatic heterocycles. The predicted molar refractivity (Wildman–Crippen MR) is 80.2 cm³/mol. The molecule has 0 aromatic carbocycles. The van der Waals surface area contributed by atoms with Gasteiger partial charge in [0.05, 0.1) is 6.54 Å². The lowest BCUT2D eigenvalue weighted by Crippen LogP contribution is -2.38. The van der Waals surface area contributed by atoms with Crippen LogP contribution >= 0.6 is 0 Å². The van der Waals surface area contributed by atoms with Gasteiger partial charge in [-0.25, -0.2) is 0 Å². The van der Waals surface area contributed by atoms with E-state index >= 15 is 0 Å². The summed E-state index contributed by atoms with van der Waals surface area (Å²) in [5, 5.41) is 0. The van der Waals surface area contributed by atoms with Crippen LogP contribution in [0.5, 0.6) is 0 Å². The van der Waals surface area contributed by atoms with Gasteiger partial charge in [0, 0.05) is 18.5 Å². The van der Waals surface area contributed by atoms with E-state index in [1.807, 2.05) is 25.2 Å². The molecule has 20 heavy (non-hydrogen) atoms. The second kappa shape index (κ2) is 6.87. The van der Waals surface area contributed by atoms with E-state index < -0.39 is 0 Å². The number of nitrogens with zero attached hydrogens (tertiary/aromatic N) is 1. The zero-order valence-corrected chi connectivity index (χ0v) is 12.6. The standard InChI is InChI=1S/C17H25NO2/c1-13(14-8-4-3-5-9-14)17(20)18(2)12-16(19)15-10-6-7-11-15/h6,10-11,13-14H,3-5,7-9,12H2,1-2H3/t13-/m0/s1. The van der Waals surface area contributed by atoms with E-state index in [2.05, 4.69) is 0 Å². The number of likely N-dealkylation sites (N-methyl/N-ethyl adjacent to an activating group) is 1. The van der Waals surface area contributed by atoms with Crippen LogP contribution < -0.4 is 0 Å². The fraction of sp³-hybridized carbons (Fsp3) is 0.647. The third kappa shape index (κ3) is 3.59. The summed E-state index contributed by atoms with van der Waals surface area (Å²) >= 11 is 0. The first-order valence-electron chi connectivity index (χ1n) is 7.74. The topological polar surface area (TPSA) is 37.4 Å². The lowest BCUT2D eigenvalue weighted by Gasteiger charge is -2.29. The lowest BCUT2D eigenvalue weighted by molar-refractivity contribution is -0.138. The fourth-order valence-electron chi connectivity index (χ4n) is 3.23. The molecule has 1 fully saturated rings. The van der Waals surface area contributed by atoms with Crippen LogP contribution in [0.4, 0.5) is 0 Å². The van der Waals surface area contributed by atoms with E-state index in [9.17, 15) is 9.59 Å². The van der Waals surface area contributed by atoms with Crippen molar-refractivity contribution in [1.29, 1.82) is 0 Å². The molecule has 3 heteroatoms. The number of carbonyl (C=O) groups excluding carboxylic acids is 2. The maximum atomic E-state index is 12.4. The van der Waals surface area contributed by atoms with Gasteiger partial charge in [-0.3, -0.25) is 9.59 Å². The summed E-state index contributed by atoms with van der Waals surface area (Å²) in [5.74, 6) is 0.707. The molecule has 0 aliphatic heterocycles. The van der Waals surface area contributed by atoms with Crippen LogP contribution in [0.1, 0.15) is 45.4 Å². The van der Waals surface area contributed by atoms with Crippen molar-refractivity contribution < 1.29 is 9.59 Å². The average molecular weight is 275 g/mol. The van der Waals surface area contributed by atoms with Gasteiger partial charge in [-0.15, -0.1) is 0 Å². The summed E-state index contributed by atoms with van der Waals surface area (Å²) in [6, 6.07) is 0. The monoisotopic (exact) mass is 275 g/mol. The van der Waals surface area contributed by atoms with E-state index in [4.69, 9.17) is 0 Å². The number of carbonyl (C=O) groups is 2. The summed E-state index contributed by atoms with van der Waals surface area (Å²) in [7, 11) is 1.75. The third-order valence-electron chi connectivity index (χ3n) is 4.60. The normalized spacial score (nSPS) is 20.6. The Morgan fingerprint density at radius 3 is 2.60 bits per heavy atom. The minimum atomic E-state index is 0.0428. The number of allylic oxidation sites excluding steroid dienone is 3. The maximum Gasteiger partial charge on any atom is 0.225 e. The van der Waals surface area contributed by atoms with E-state index in [1.165, 1.54) is 19.3 Å². The number of hydrogen-bond acceptors (Lipinski definition) is 2. The second-order valence-corrected chi connectivity index (χ2v) is 6.10. The molecular formula is C17H25NO2. The zero-order chi connectivity index (χ0) is 14.5. The molecule has 1 saturated carbocycles. The minimum Gasteiger partial charge on any atom is -0.338 e. The molecule has 0 spiro atoms. The summed E-state index contributed by atoms with van der Waals surface area (Å²) in [6.07, 6.45) is 12.7. The Hall–Kier alpha value is -1.38. The van der Waals surface area contributed by atoms with Gasteiger partial charge in [0.1, 0.15) is 0 Å². The zero-order valence-electron chi connectivity index (χ0n) is 12.6. The van der Waals surface area contributed by atoms with Gasteiger partial charge < -0.3 is 4.90 Å². The molecule has 0 saturated heterocycles. The van der Waals surface area contributed by atoms with Crippen molar-refractivity contribution in [3.05, 3.63) is 23.8 Å². The second-order valence-electron chi connectivity index (χ2n) is 6.10. The Morgan fingerprint density at radius 2 is 2.00 bits per heavy atom. The summed E-state index contributed by atoms with van der Waals surface area (Å²) in [6.45, 7) is 2.22. The van der Waals surface area contributed by atoms with Crippen molar-refractivity contribution in [3.8, 4) is 0 Å². The van der Waals surface area contributed by atoms with Crippen LogP contribution in [0.3, 0.4) is 0 Å². The van der Waals surface area contributed by atoms with Gasteiger partial charge >= 0.3 is 0 Å². The van der Waals surface area contributed by atoms with E-state index in [1.54, 1.807) is 11.9 Å². The number of amides is 1. The van der Waals surface area contributed by atoms with Gasteiger partial charge in [0.2, 0.25) is 5.91 Å². The van der Waals surface area contributed by atoms with Gasteiger partial charge in [0.25, 0.3) is 0 Å². The van der Waals surface area contributed by atoms with Gasteiger partial charge in [-0.1, -0.05) is 44.4 Å². The fourth-order valence-corrected chi connectivity index (χ4v) is 3.23. The molecule has 110 valence electrons. The van der Waals surface area contributed by atoms with Crippen molar-refractivity contribution in [1.82, 2.24) is 4.90 Å². The molecule has 0 radical (unpaired) electrons. The van der Waals surface area contributed by atoms with Crippen molar-refractivity contribution in [3.63, 3.8) is 0 Å². The summed E-state index contributed by atoms with van der Waals surface area (Å²) < 4.78 is 0. The number of hydrogen-bond donors (Lipinski definition) is 0. The van der Waals surface area contributed by atoms with Crippen LogP contribution in [0, 0.1) is 11.8 Å². The molecular weight excluding hydrogens is 250 g/mol. The summed E-state index contributed by atoms with van der Waals surface area (Å²) in [5.41, 5.74) is 0.745. The largest absolute Gasteiger partial charge is 0.338 e. The molecule has 3 nitrogen and oxygen atoms in total. The molecule has 0 N–H and O–H groups in total. The highest BCUT2D eigenvalue weighted by atomic mass is 16.2. The van der Waals surface area contributed by atoms with Crippen LogP contribution in [0.25, 0.3) is 0 Å².